The number of nitrogens with one attached hydrogen (secondary N) is 3. The van der Waals surface area contributed by atoms with E-state index in [4.69, 9.17) is 19.2 Å². The predicted octanol–water partition coefficient (Wildman–Crippen LogP) is 4.10. The number of methoxy groups -OCH3 is 1. The third kappa shape index (κ3) is 8.61. The number of rotatable bonds is 11. The fourth-order valence-electron chi connectivity index (χ4n) is 7.99. The molecule has 7 rings (SSSR count). The number of sulfonamides is 1. The zero-order valence-electron chi connectivity index (χ0n) is 34.6. The van der Waals surface area contributed by atoms with Crippen LogP contribution in [-0.4, -0.2) is 99.9 Å². The molecule has 1 aromatic carbocycles. The molecule has 1 saturated heterocycles. The van der Waals surface area contributed by atoms with Crippen molar-refractivity contribution in [2.24, 2.45) is 5.92 Å². The summed E-state index contributed by atoms with van der Waals surface area (Å²) in [6.07, 6.45) is 8.86. The highest BCUT2D eigenvalue weighted by atomic mass is 32.2. The first-order valence-corrected chi connectivity index (χ1v) is 22.1. The summed E-state index contributed by atoms with van der Waals surface area (Å²) in [6, 6.07) is 4.79. The van der Waals surface area contributed by atoms with Crippen molar-refractivity contribution in [3.05, 3.63) is 53.9 Å². The number of aryl methyl sites for hydroxylation is 2. The summed E-state index contributed by atoms with van der Waals surface area (Å²) in [5, 5.41) is 10.8. The number of aromatic nitrogens is 3. The number of hydrogen-bond acceptors (Lipinski definition) is 11. The molecule has 3 aromatic rings. The maximum atomic E-state index is 14.8. The molecule has 4 aliphatic rings. The van der Waals surface area contributed by atoms with Crippen molar-refractivity contribution in [3.63, 3.8) is 0 Å². The standard InChI is InChI=1S/C42H55N7O9S/c1-7-48-20-17-30(46-48)37(50)43-31-14-12-10-8-9-11-13-27-23-42(27,40(53)47-59(54,55)41(5)18-19-41)45-38(51)32-21-28(24-49(32)39(31)52)58-34-22-35(57-25(2)3)44-36-26(4)33(56-6)16-15-29(34)36/h11,13,15-17,20,22,25,27-28,31-32H,7-10,12,14,18-19,21,23-24H2,1-6H3,(H,43,50)(H,45,51)(H,47,53)/b13-11-/t27-,28-,31+,32+,42-/m1/s1. The number of carbonyl (C=O) groups is 4. The fourth-order valence-corrected chi connectivity index (χ4v) is 9.31. The van der Waals surface area contributed by atoms with E-state index in [0.29, 0.717) is 66.9 Å². The van der Waals surface area contributed by atoms with Gasteiger partial charge in [0.15, 0.2) is 0 Å². The molecule has 16 nitrogen and oxygen atoms in total. The second-order valence-electron chi connectivity index (χ2n) is 16.7. The first-order chi connectivity index (χ1) is 28.1. The molecule has 17 heteroatoms. The molecule has 3 N–H and O–H groups in total. The molecule has 0 spiro atoms. The lowest BCUT2D eigenvalue weighted by atomic mass is 10.0. The van der Waals surface area contributed by atoms with Crippen molar-refractivity contribution in [1.29, 1.82) is 0 Å². The van der Waals surface area contributed by atoms with E-state index in [2.05, 4.69) is 20.5 Å². The summed E-state index contributed by atoms with van der Waals surface area (Å²) in [5.74, 6) is -1.49. The molecule has 2 saturated carbocycles. The highest BCUT2D eigenvalue weighted by Gasteiger charge is 2.63. The van der Waals surface area contributed by atoms with Crippen molar-refractivity contribution >= 4 is 44.6 Å². The van der Waals surface area contributed by atoms with E-state index >= 15 is 0 Å². The van der Waals surface area contributed by atoms with Crippen LogP contribution in [0.5, 0.6) is 17.4 Å². The number of benzene rings is 1. The molecule has 0 radical (unpaired) electrons. The van der Waals surface area contributed by atoms with Crippen LogP contribution in [0.2, 0.25) is 0 Å². The summed E-state index contributed by atoms with van der Waals surface area (Å²) < 4.78 is 47.6. The molecule has 5 atom stereocenters. The molecule has 3 fully saturated rings. The Hall–Kier alpha value is -5.19. The third-order valence-corrected chi connectivity index (χ3v) is 14.1. The normalized spacial score (nSPS) is 26.1. The number of amides is 4. The Balaban J connectivity index is 1.23. The summed E-state index contributed by atoms with van der Waals surface area (Å²) in [7, 11) is -2.43. The van der Waals surface area contributed by atoms with Gasteiger partial charge in [0.25, 0.3) is 11.8 Å². The number of pyridine rings is 1. The van der Waals surface area contributed by atoms with Gasteiger partial charge >= 0.3 is 0 Å². The smallest absolute Gasteiger partial charge is 0.272 e. The Kier molecular flexibility index (Phi) is 11.7. The number of nitrogens with zero attached hydrogens (tertiary/aromatic N) is 4. The van der Waals surface area contributed by atoms with Gasteiger partial charge in [0, 0.05) is 42.1 Å². The first kappa shape index (κ1) is 42.0. The van der Waals surface area contributed by atoms with E-state index in [1.54, 1.807) is 37.0 Å². The van der Waals surface area contributed by atoms with Crippen LogP contribution >= 0.6 is 0 Å². The van der Waals surface area contributed by atoms with Gasteiger partial charge in [0.05, 0.1) is 30.0 Å². The van der Waals surface area contributed by atoms with Crippen LogP contribution in [0.4, 0.5) is 0 Å². The third-order valence-electron chi connectivity index (χ3n) is 12.0. The minimum atomic E-state index is -4.01. The molecular formula is C42H55N7O9S. The maximum Gasteiger partial charge on any atom is 0.272 e. The van der Waals surface area contributed by atoms with Gasteiger partial charge in [-0.1, -0.05) is 25.0 Å². The highest BCUT2D eigenvalue weighted by Crippen LogP contribution is 2.47. The van der Waals surface area contributed by atoms with Gasteiger partial charge in [0.2, 0.25) is 27.7 Å². The van der Waals surface area contributed by atoms with Gasteiger partial charge in [-0.05, 0) is 91.3 Å². The summed E-state index contributed by atoms with van der Waals surface area (Å²) in [5.41, 5.74) is 0.000693. The molecule has 0 unspecified atom stereocenters. The maximum absolute atomic E-state index is 14.8. The Morgan fingerprint density at radius 3 is 2.58 bits per heavy atom. The minimum Gasteiger partial charge on any atom is -0.496 e. The topological polar surface area (TPSA) is 200 Å². The largest absolute Gasteiger partial charge is 0.496 e. The van der Waals surface area contributed by atoms with Gasteiger partial charge in [-0.3, -0.25) is 28.6 Å². The Bertz CT molecular complexity index is 2270. The molecular weight excluding hydrogens is 779 g/mol. The van der Waals surface area contributed by atoms with Gasteiger partial charge in [-0.15, -0.1) is 0 Å². The lowest BCUT2D eigenvalue weighted by molar-refractivity contribution is -0.141. The van der Waals surface area contributed by atoms with Gasteiger partial charge < -0.3 is 29.7 Å². The highest BCUT2D eigenvalue weighted by molar-refractivity contribution is 7.91. The molecule has 4 amide bonds. The Morgan fingerprint density at radius 2 is 1.88 bits per heavy atom. The average molecular weight is 834 g/mol. The molecule has 2 aliphatic heterocycles. The number of hydrogen-bond donors (Lipinski definition) is 3. The van der Waals surface area contributed by atoms with Crippen LogP contribution in [0.1, 0.15) is 102 Å². The summed E-state index contributed by atoms with van der Waals surface area (Å²) in [4.78, 5) is 63.1. The van der Waals surface area contributed by atoms with Crippen LogP contribution < -0.4 is 29.6 Å². The molecule has 318 valence electrons. The lowest BCUT2D eigenvalue weighted by Crippen LogP contribution is -2.58. The van der Waals surface area contributed by atoms with Crippen molar-refractivity contribution in [2.45, 2.75) is 134 Å². The number of ether oxygens (including phenoxy) is 3. The van der Waals surface area contributed by atoms with E-state index in [1.807, 2.05) is 52.0 Å². The zero-order chi connectivity index (χ0) is 42.3. The Morgan fingerprint density at radius 1 is 1.10 bits per heavy atom. The second kappa shape index (κ2) is 16.5. The van der Waals surface area contributed by atoms with Crippen molar-refractivity contribution < 1.29 is 41.8 Å². The van der Waals surface area contributed by atoms with Crippen molar-refractivity contribution in [1.82, 2.24) is 35.0 Å². The van der Waals surface area contributed by atoms with Crippen molar-refractivity contribution in [3.8, 4) is 17.4 Å². The van der Waals surface area contributed by atoms with Gasteiger partial charge in [-0.2, -0.15) is 5.10 Å². The molecule has 2 aromatic heterocycles. The fraction of sp³-hybridized carbons (Fsp3) is 0.571. The first-order valence-electron chi connectivity index (χ1n) is 20.6. The van der Waals surface area contributed by atoms with Crippen LogP contribution in [0, 0.1) is 12.8 Å². The number of carbonyl (C=O) groups excluding carboxylic acids is 4. The Labute approximate surface area is 344 Å². The summed E-state index contributed by atoms with van der Waals surface area (Å²) >= 11 is 0. The minimum absolute atomic E-state index is 0.0255. The molecule has 59 heavy (non-hydrogen) atoms. The molecule has 0 bridgehead atoms. The van der Waals surface area contributed by atoms with E-state index < -0.39 is 68.0 Å². The number of fused-ring (bicyclic) bond motifs is 3. The van der Waals surface area contributed by atoms with Gasteiger partial charge in [0.1, 0.15) is 40.9 Å². The van der Waals surface area contributed by atoms with Gasteiger partial charge in [-0.25, -0.2) is 13.4 Å². The molecule has 2 aliphatic carbocycles. The van der Waals surface area contributed by atoms with Crippen LogP contribution in [0.25, 0.3) is 10.9 Å². The van der Waals surface area contributed by atoms with E-state index in [0.717, 1.165) is 18.4 Å². The van der Waals surface area contributed by atoms with E-state index in [-0.39, 0.29) is 31.2 Å². The average Bonchev–Trinajstić information content (AvgIpc) is 3.97. The van der Waals surface area contributed by atoms with E-state index in [1.165, 1.54) is 4.90 Å². The SMILES string of the molecule is CCn1ccc(C(=O)N[C@H]2CCCCC/C=C\[C@@H]3C[C@@]3(C(=O)NS(=O)(=O)C3(C)CC3)NC(=O)[C@@H]3C[C@@H](Oc4cc(OC(C)C)nc5c(C)c(OC)ccc45)CN3C2=O)n1. The van der Waals surface area contributed by atoms with Crippen LogP contribution in [-0.2, 0) is 31.0 Å². The van der Waals surface area contributed by atoms with Crippen LogP contribution in [0.15, 0.2) is 42.6 Å². The quantitative estimate of drug-likeness (QED) is 0.235. The summed E-state index contributed by atoms with van der Waals surface area (Å²) in [6.45, 7) is 9.69. The lowest BCUT2D eigenvalue weighted by Gasteiger charge is -2.30. The molecule has 4 heterocycles. The second-order valence-corrected chi connectivity index (χ2v) is 18.9. The monoisotopic (exact) mass is 833 g/mol. The zero-order valence-corrected chi connectivity index (χ0v) is 35.4. The van der Waals surface area contributed by atoms with E-state index in [9.17, 15) is 27.6 Å². The van der Waals surface area contributed by atoms with Crippen LogP contribution in [0.3, 0.4) is 0 Å². The van der Waals surface area contributed by atoms with Crippen molar-refractivity contribution in [2.75, 3.05) is 13.7 Å². The number of allylic oxidation sites excluding steroid dienone is 1. The predicted molar refractivity (Wildman–Crippen MR) is 218 cm³/mol.